The quantitative estimate of drug-likeness (QED) is 0.741. The summed E-state index contributed by atoms with van der Waals surface area (Å²) in [6.07, 6.45) is 0.0933. The van der Waals surface area contributed by atoms with E-state index in [1.165, 1.54) is 18.2 Å². The fraction of sp³-hybridized carbons (Fsp3) is 0.400. The highest BCUT2D eigenvalue weighted by atomic mass is 19.1. The summed E-state index contributed by atoms with van der Waals surface area (Å²) in [5, 5.41) is 17.8. The van der Waals surface area contributed by atoms with Crippen molar-refractivity contribution in [2.24, 2.45) is 0 Å². The van der Waals surface area contributed by atoms with Gasteiger partial charge >= 0.3 is 11.7 Å². The average Bonchev–Trinajstić information content (AvgIpc) is 3.10. The van der Waals surface area contributed by atoms with E-state index in [1.54, 1.807) is 16.7 Å². The number of nitrogens with zero attached hydrogens (tertiary/aromatic N) is 5. The monoisotopic (exact) mass is 413 g/mol. The summed E-state index contributed by atoms with van der Waals surface area (Å²) in [7, 11) is 0. The van der Waals surface area contributed by atoms with Crippen molar-refractivity contribution in [1.29, 1.82) is 5.26 Å². The van der Waals surface area contributed by atoms with E-state index in [4.69, 9.17) is 15.1 Å². The standard InChI is InChI=1S/C20H20FN5O4/c21-16-2-1-13(7-14(16)9-22)12-30-17-8-18-25-6-5-24(4-3-19(27)28)10-15(25)11-26(18)20(29)23-17/h1-2,7-8,15H,3-6,10-12H2,(H,27,28). The number of ether oxygens (including phenoxy) is 1. The molecule has 9 nitrogen and oxygen atoms in total. The molecule has 4 rings (SSSR count). The van der Waals surface area contributed by atoms with E-state index in [0.29, 0.717) is 38.3 Å². The van der Waals surface area contributed by atoms with Crippen molar-refractivity contribution in [2.75, 3.05) is 31.1 Å². The van der Waals surface area contributed by atoms with Crippen LogP contribution in [0.15, 0.2) is 29.1 Å². The van der Waals surface area contributed by atoms with Crippen molar-refractivity contribution in [3.63, 3.8) is 0 Å². The lowest BCUT2D eigenvalue weighted by Crippen LogP contribution is -2.52. The van der Waals surface area contributed by atoms with Crippen LogP contribution in [0.2, 0.25) is 0 Å². The second-order valence-electron chi connectivity index (χ2n) is 7.35. The SMILES string of the molecule is N#Cc1cc(COc2cc3n(c(=O)n2)CC2CN(CCC(=O)O)CCN32)ccc1F. The van der Waals surface area contributed by atoms with Crippen LogP contribution in [0.4, 0.5) is 10.2 Å². The van der Waals surface area contributed by atoms with Crippen LogP contribution in [0, 0.1) is 17.1 Å². The van der Waals surface area contributed by atoms with Gasteiger partial charge in [-0.15, -0.1) is 0 Å². The van der Waals surface area contributed by atoms with Gasteiger partial charge in [-0.05, 0) is 17.7 Å². The Morgan fingerprint density at radius 2 is 2.17 bits per heavy atom. The fourth-order valence-electron chi connectivity index (χ4n) is 3.91. The molecule has 1 unspecified atom stereocenters. The Bertz CT molecular complexity index is 1080. The van der Waals surface area contributed by atoms with Crippen molar-refractivity contribution < 1.29 is 19.0 Å². The van der Waals surface area contributed by atoms with E-state index in [2.05, 4.69) is 14.8 Å². The van der Waals surface area contributed by atoms with Gasteiger partial charge < -0.3 is 14.7 Å². The van der Waals surface area contributed by atoms with Crippen LogP contribution in [0.5, 0.6) is 5.88 Å². The molecule has 1 N–H and O–H groups in total. The van der Waals surface area contributed by atoms with E-state index in [9.17, 15) is 14.0 Å². The van der Waals surface area contributed by atoms with Crippen LogP contribution in [0.25, 0.3) is 0 Å². The van der Waals surface area contributed by atoms with Crippen molar-refractivity contribution in [3.8, 4) is 11.9 Å². The van der Waals surface area contributed by atoms with Gasteiger partial charge in [0.1, 0.15) is 24.3 Å². The zero-order valence-corrected chi connectivity index (χ0v) is 16.1. The lowest BCUT2D eigenvalue weighted by molar-refractivity contribution is -0.137. The third-order valence-corrected chi connectivity index (χ3v) is 5.40. The summed E-state index contributed by atoms with van der Waals surface area (Å²) >= 11 is 0. The van der Waals surface area contributed by atoms with Gasteiger partial charge in [0.05, 0.1) is 24.6 Å². The summed E-state index contributed by atoms with van der Waals surface area (Å²) in [6, 6.07) is 7.70. The van der Waals surface area contributed by atoms with Crippen molar-refractivity contribution in [2.45, 2.75) is 25.6 Å². The number of anilines is 1. The molecule has 1 aromatic carbocycles. The summed E-state index contributed by atoms with van der Waals surface area (Å²) in [5.74, 6) is -0.520. The maximum absolute atomic E-state index is 13.5. The Hall–Kier alpha value is -3.45. The molecule has 0 amide bonds. The highest BCUT2D eigenvalue weighted by Crippen LogP contribution is 2.29. The summed E-state index contributed by atoms with van der Waals surface area (Å²) in [4.78, 5) is 31.5. The number of fused-ring (bicyclic) bond motifs is 3. The molecule has 1 aromatic heterocycles. The van der Waals surface area contributed by atoms with E-state index >= 15 is 0 Å². The van der Waals surface area contributed by atoms with E-state index in [-0.39, 0.29) is 30.5 Å². The number of piperazine rings is 1. The molecule has 1 saturated heterocycles. The Morgan fingerprint density at radius 1 is 1.33 bits per heavy atom. The van der Waals surface area contributed by atoms with Gasteiger partial charge in [-0.1, -0.05) is 6.07 Å². The molecule has 0 bridgehead atoms. The van der Waals surface area contributed by atoms with E-state index < -0.39 is 17.5 Å². The number of benzene rings is 1. The smallest absolute Gasteiger partial charge is 0.352 e. The second-order valence-corrected chi connectivity index (χ2v) is 7.35. The molecule has 3 heterocycles. The number of nitriles is 1. The Balaban J connectivity index is 1.46. The normalized spacial score (nSPS) is 17.9. The molecule has 0 aliphatic carbocycles. The summed E-state index contributed by atoms with van der Waals surface area (Å²) in [6.45, 7) is 3.10. The minimum atomic E-state index is -0.822. The number of aromatic nitrogens is 2. The molecule has 0 saturated carbocycles. The van der Waals surface area contributed by atoms with Crippen molar-refractivity contribution >= 4 is 11.8 Å². The second kappa shape index (κ2) is 8.12. The predicted molar refractivity (Wildman–Crippen MR) is 104 cm³/mol. The number of rotatable bonds is 6. The van der Waals surface area contributed by atoms with Crippen molar-refractivity contribution in [3.05, 3.63) is 51.7 Å². The zero-order valence-electron chi connectivity index (χ0n) is 16.1. The topological polar surface area (TPSA) is 112 Å². The van der Waals surface area contributed by atoms with Crippen molar-refractivity contribution in [1.82, 2.24) is 14.5 Å². The Morgan fingerprint density at radius 3 is 2.93 bits per heavy atom. The van der Waals surface area contributed by atoms with Crippen LogP contribution in [0.3, 0.4) is 0 Å². The van der Waals surface area contributed by atoms with Crippen LogP contribution >= 0.6 is 0 Å². The summed E-state index contributed by atoms with van der Waals surface area (Å²) in [5.41, 5.74) is 0.118. The van der Waals surface area contributed by atoms with Crippen LogP contribution in [-0.2, 0) is 17.9 Å². The number of halogens is 1. The third-order valence-electron chi connectivity index (χ3n) is 5.40. The maximum Gasteiger partial charge on any atom is 0.352 e. The van der Waals surface area contributed by atoms with Crippen LogP contribution < -0.4 is 15.3 Å². The zero-order chi connectivity index (χ0) is 21.3. The first-order valence-corrected chi connectivity index (χ1v) is 9.58. The lowest BCUT2D eigenvalue weighted by atomic mass is 10.1. The van der Waals surface area contributed by atoms with Crippen LogP contribution in [0.1, 0.15) is 17.5 Å². The molecule has 1 atom stereocenters. The predicted octanol–water partition coefficient (Wildman–Crippen LogP) is 0.812. The lowest BCUT2D eigenvalue weighted by Gasteiger charge is -2.37. The molecule has 30 heavy (non-hydrogen) atoms. The first-order valence-electron chi connectivity index (χ1n) is 9.58. The van der Waals surface area contributed by atoms with Gasteiger partial charge in [0.2, 0.25) is 5.88 Å². The van der Waals surface area contributed by atoms with Gasteiger partial charge in [0.15, 0.2) is 0 Å². The van der Waals surface area contributed by atoms with E-state index in [0.717, 1.165) is 5.82 Å². The van der Waals surface area contributed by atoms with E-state index in [1.807, 2.05) is 0 Å². The molecule has 0 radical (unpaired) electrons. The minimum Gasteiger partial charge on any atom is -0.481 e. The number of carbonyl (C=O) groups is 1. The first-order chi connectivity index (χ1) is 14.4. The fourth-order valence-corrected chi connectivity index (χ4v) is 3.91. The molecule has 2 aliphatic rings. The van der Waals surface area contributed by atoms with Crippen LogP contribution in [-0.4, -0.2) is 57.7 Å². The van der Waals surface area contributed by atoms with Gasteiger partial charge in [-0.25, -0.2) is 9.18 Å². The Kier molecular flexibility index (Phi) is 5.37. The highest BCUT2D eigenvalue weighted by Gasteiger charge is 2.35. The molecule has 2 aliphatic heterocycles. The molecule has 156 valence electrons. The number of carboxylic acids is 1. The first kappa shape index (κ1) is 19.8. The molecule has 10 heteroatoms. The number of hydrogen-bond donors (Lipinski definition) is 1. The van der Waals surface area contributed by atoms with Gasteiger partial charge in [0.25, 0.3) is 0 Å². The maximum atomic E-state index is 13.5. The number of hydrogen-bond acceptors (Lipinski definition) is 7. The third kappa shape index (κ3) is 3.97. The number of carboxylic acid groups (broad SMARTS) is 1. The molecule has 0 spiro atoms. The molecular weight excluding hydrogens is 393 g/mol. The molecular formula is C20H20FN5O4. The largest absolute Gasteiger partial charge is 0.481 e. The van der Waals surface area contributed by atoms with Gasteiger partial charge in [0, 0.05) is 32.2 Å². The van der Waals surface area contributed by atoms with Gasteiger partial charge in [-0.3, -0.25) is 14.3 Å². The molecule has 2 aromatic rings. The van der Waals surface area contributed by atoms with Gasteiger partial charge in [-0.2, -0.15) is 10.2 Å². The number of aliphatic carboxylic acids is 1. The Labute approximate surface area is 171 Å². The average molecular weight is 413 g/mol. The molecule has 1 fully saturated rings. The minimum absolute atomic E-state index is 0.0528. The highest BCUT2D eigenvalue weighted by molar-refractivity contribution is 5.66. The summed E-state index contributed by atoms with van der Waals surface area (Å²) < 4.78 is 20.7.